The molecule has 19 heavy (non-hydrogen) atoms. The smallest absolute Gasteiger partial charge is 0.141 e. The molecule has 3 N–H and O–H groups in total. The zero-order valence-electron chi connectivity index (χ0n) is 10.9. The fraction of sp³-hybridized carbons (Fsp3) is 0.385. The molecule has 0 spiro atoms. The molecule has 0 aromatic carbocycles. The number of pyridine rings is 1. The van der Waals surface area contributed by atoms with E-state index in [1.165, 1.54) is 12.3 Å². The van der Waals surface area contributed by atoms with Crippen molar-refractivity contribution < 1.29 is 4.39 Å². The molecule has 0 radical (unpaired) electrons. The summed E-state index contributed by atoms with van der Waals surface area (Å²) >= 11 is 0. The lowest BCUT2D eigenvalue weighted by Crippen LogP contribution is -2.30. The predicted octanol–water partition coefficient (Wildman–Crippen LogP) is 1.57. The number of aromatic nitrogens is 3. The summed E-state index contributed by atoms with van der Waals surface area (Å²) in [6.45, 7) is 3.02. The molecule has 102 valence electrons. The maximum Gasteiger partial charge on any atom is 0.141 e. The summed E-state index contributed by atoms with van der Waals surface area (Å²) in [5.41, 5.74) is 3.41. The van der Waals surface area contributed by atoms with E-state index in [-0.39, 0.29) is 11.9 Å². The Morgan fingerprint density at radius 3 is 3.00 bits per heavy atom. The maximum absolute atomic E-state index is 13.2. The number of rotatable bonds is 6. The molecule has 2 heterocycles. The Labute approximate surface area is 111 Å². The normalized spacial score (nSPS) is 12.6. The Balaban J connectivity index is 2.17. The van der Waals surface area contributed by atoms with E-state index in [4.69, 9.17) is 5.84 Å². The van der Waals surface area contributed by atoms with Gasteiger partial charge in [0.15, 0.2) is 0 Å². The van der Waals surface area contributed by atoms with Gasteiger partial charge in [0.2, 0.25) is 0 Å². The molecule has 0 amide bonds. The van der Waals surface area contributed by atoms with Crippen LogP contribution in [0.3, 0.4) is 0 Å². The van der Waals surface area contributed by atoms with E-state index in [0.29, 0.717) is 12.0 Å². The first-order valence-corrected chi connectivity index (χ1v) is 6.31. The lowest BCUT2D eigenvalue weighted by molar-refractivity contribution is 0.511. The molecular weight excluding hydrogens is 245 g/mol. The van der Waals surface area contributed by atoms with Gasteiger partial charge in [0.25, 0.3) is 0 Å². The van der Waals surface area contributed by atoms with Gasteiger partial charge in [-0.15, -0.1) is 0 Å². The van der Waals surface area contributed by atoms with Crippen molar-refractivity contribution in [3.63, 3.8) is 0 Å². The SMILES string of the molecule is CCCn1ccnc1CC(NN)c1cncc(F)c1. The molecule has 0 fully saturated rings. The van der Waals surface area contributed by atoms with Crippen LogP contribution in [-0.2, 0) is 13.0 Å². The van der Waals surface area contributed by atoms with Crippen LogP contribution in [0.1, 0.15) is 30.8 Å². The summed E-state index contributed by atoms with van der Waals surface area (Å²) in [4.78, 5) is 8.17. The number of aryl methyl sites for hydroxylation is 1. The molecule has 0 saturated carbocycles. The van der Waals surface area contributed by atoms with Gasteiger partial charge < -0.3 is 4.57 Å². The number of nitrogens with one attached hydrogen (secondary N) is 1. The molecule has 2 rings (SSSR count). The maximum atomic E-state index is 13.2. The fourth-order valence-electron chi connectivity index (χ4n) is 2.05. The molecule has 2 aromatic rings. The summed E-state index contributed by atoms with van der Waals surface area (Å²) in [5.74, 6) is 6.12. The Morgan fingerprint density at radius 2 is 2.32 bits per heavy atom. The minimum absolute atomic E-state index is 0.207. The molecule has 0 aliphatic rings. The number of hydrogen-bond donors (Lipinski definition) is 2. The van der Waals surface area contributed by atoms with Gasteiger partial charge in [-0.1, -0.05) is 6.92 Å². The second-order valence-corrected chi connectivity index (χ2v) is 4.40. The number of hydrazine groups is 1. The van der Waals surface area contributed by atoms with Crippen LogP contribution in [0.15, 0.2) is 30.9 Å². The summed E-state index contributed by atoms with van der Waals surface area (Å²) in [7, 11) is 0. The molecule has 5 nitrogen and oxygen atoms in total. The highest BCUT2D eigenvalue weighted by atomic mass is 19.1. The lowest BCUT2D eigenvalue weighted by atomic mass is 10.1. The molecule has 0 bridgehead atoms. The van der Waals surface area contributed by atoms with Crippen LogP contribution in [0, 0.1) is 5.82 Å². The van der Waals surface area contributed by atoms with Gasteiger partial charge in [-0.2, -0.15) is 0 Å². The molecule has 0 aliphatic carbocycles. The van der Waals surface area contributed by atoms with E-state index in [2.05, 4.69) is 26.9 Å². The minimum Gasteiger partial charge on any atom is -0.335 e. The highest BCUT2D eigenvalue weighted by Gasteiger charge is 2.14. The summed E-state index contributed by atoms with van der Waals surface area (Å²) in [5, 5.41) is 0. The Hall–Kier alpha value is -1.79. The van der Waals surface area contributed by atoms with E-state index >= 15 is 0 Å². The number of nitrogens with zero attached hydrogens (tertiary/aromatic N) is 3. The van der Waals surface area contributed by atoms with E-state index in [9.17, 15) is 4.39 Å². The third-order valence-corrected chi connectivity index (χ3v) is 2.98. The second kappa shape index (κ2) is 6.40. The molecule has 0 aliphatic heterocycles. The second-order valence-electron chi connectivity index (χ2n) is 4.40. The van der Waals surface area contributed by atoms with Crippen LogP contribution in [0.4, 0.5) is 4.39 Å². The van der Waals surface area contributed by atoms with Crippen molar-refractivity contribution in [3.05, 3.63) is 48.1 Å². The van der Waals surface area contributed by atoms with Crippen LogP contribution < -0.4 is 11.3 Å². The molecule has 6 heteroatoms. The van der Waals surface area contributed by atoms with Crippen LogP contribution >= 0.6 is 0 Å². The average molecular weight is 263 g/mol. The van der Waals surface area contributed by atoms with Crippen molar-refractivity contribution in [2.45, 2.75) is 32.4 Å². The summed E-state index contributed by atoms with van der Waals surface area (Å²) in [6.07, 6.45) is 8.12. The van der Waals surface area contributed by atoms with Crippen LogP contribution in [0.5, 0.6) is 0 Å². The highest BCUT2D eigenvalue weighted by molar-refractivity contribution is 5.16. The van der Waals surface area contributed by atoms with Crippen LogP contribution in [-0.4, -0.2) is 14.5 Å². The molecule has 2 aromatic heterocycles. The third kappa shape index (κ3) is 3.36. The Morgan fingerprint density at radius 1 is 1.47 bits per heavy atom. The number of hydrogen-bond acceptors (Lipinski definition) is 4. The zero-order chi connectivity index (χ0) is 13.7. The molecule has 1 atom stereocenters. The average Bonchev–Trinajstić information content (AvgIpc) is 2.84. The lowest BCUT2D eigenvalue weighted by Gasteiger charge is -2.16. The van der Waals surface area contributed by atoms with Gasteiger partial charge in [0.1, 0.15) is 11.6 Å². The van der Waals surface area contributed by atoms with E-state index < -0.39 is 0 Å². The standard InChI is InChI=1S/C13H18FN5/c1-2-4-19-5-3-17-13(19)7-12(18-15)10-6-11(14)9-16-8-10/h3,5-6,8-9,12,18H,2,4,7,15H2,1H3. The first-order valence-electron chi connectivity index (χ1n) is 6.31. The Bertz CT molecular complexity index is 525. The van der Waals surface area contributed by atoms with Gasteiger partial charge in [0.05, 0.1) is 12.2 Å². The van der Waals surface area contributed by atoms with Crippen molar-refractivity contribution in [1.29, 1.82) is 0 Å². The molecular formula is C13H18FN5. The predicted molar refractivity (Wildman–Crippen MR) is 70.5 cm³/mol. The van der Waals surface area contributed by atoms with Crippen LogP contribution in [0.25, 0.3) is 0 Å². The minimum atomic E-state index is -0.366. The fourth-order valence-corrected chi connectivity index (χ4v) is 2.05. The highest BCUT2D eigenvalue weighted by Crippen LogP contribution is 2.17. The molecule has 0 saturated heterocycles. The van der Waals surface area contributed by atoms with E-state index in [1.807, 2.05) is 6.20 Å². The van der Waals surface area contributed by atoms with Crippen molar-refractivity contribution in [3.8, 4) is 0 Å². The van der Waals surface area contributed by atoms with Gasteiger partial charge in [-0.05, 0) is 18.1 Å². The van der Waals surface area contributed by atoms with Crippen molar-refractivity contribution >= 4 is 0 Å². The van der Waals surface area contributed by atoms with E-state index in [0.717, 1.165) is 18.8 Å². The van der Waals surface area contributed by atoms with Crippen LogP contribution in [0.2, 0.25) is 0 Å². The van der Waals surface area contributed by atoms with Crippen molar-refractivity contribution in [2.24, 2.45) is 5.84 Å². The third-order valence-electron chi connectivity index (χ3n) is 2.98. The van der Waals surface area contributed by atoms with Gasteiger partial charge >= 0.3 is 0 Å². The number of imidazole rings is 1. The van der Waals surface area contributed by atoms with Crippen molar-refractivity contribution in [2.75, 3.05) is 0 Å². The first-order chi connectivity index (χ1) is 9.24. The van der Waals surface area contributed by atoms with E-state index in [1.54, 1.807) is 12.4 Å². The largest absolute Gasteiger partial charge is 0.335 e. The summed E-state index contributed by atoms with van der Waals surface area (Å²) in [6, 6.07) is 1.23. The number of halogens is 1. The first kappa shape index (κ1) is 13.6. The van der Waals surface area contributed by atoms with Gasteiger partial charge in [0, 0.05) is 31.6 Å². The molecule has 1 unspecified atom stereocenters. The topological polar surface area (TPSA) is 68.8 Å². The monoisotopic (exact) mass is 263 g/mol. The quantitative estimate of drug-likeness (QED) is 0.613. The van der Waals surface area contributed by atoms with Crippen molar-refractivity contribution in [1.82, 2.24) is 20.0 Å². The van der Waals surface area contributed by atoms with Gasteiger partial charge in [-0.25, -0.2) is 9.37 Å². The number of nitrogens with two attached hydrogens (primary N) is 1. The Kier molecular flexibility index (Phi) is 4.59. The zero-order valence-corrected chi connectivity index (χ0v) is 10.9. The van der Waals surface area contributed by atoms with Gasteiger partial charge in [-0.3, -0.25) is 16.3 Å². The summed E-state index contributed by atoms with van der Waals surface area (Å²) < 4.78 is 15.3.